The van der Waals surface area contributed by atoms with Crippen LogP contribution in [-0.2, 0) is 11.3 Å². The molecule has 176 valence electrons. The standard InChI is InChI=1S/C29H33N3O2/c1-5-34-25-14-12-24(13-15-25)28-18-27(26-16-11-21(2)17-22(26)3)30-32(28)29(33)20-31(4)19-23-9-7-6-8-10-23/h6-17,28H,5,18-20H2,1-4H3/t28-/m0/s1. The minimum Gasteiger partial charge on any atom is -0.494 e. The third-order valence-electron chi connectivity index (χ3n) is 6.14. The highest BCUT2D eigenvalue weighted by Gasteiger charge is 2.33. The van der Waals surface area contributed by atoms with Crippen molar-refractivity contribution >= 4 is 11.6 Å². The maximum atomic E-state index is 13.5. The minimum atomic E-state index is -0.135. The monoisotopic (exact) mass is 455 g/mol. The summed E-state index contributed by atoms with van der Waals surface area (Å²) in [6, 6.07) is 24.5. The van der Waals surface area contributed by atoms with Crippen molar-refractivity contribution in [2.45, 2.75) is 39.8 Å². The van der Waals surface area contributed by atoms with Crippen LogP contribution >= 0.6 is 0 Å². The zero-order valence-corrected chi connectivity index (χ0v) is 20.5. The molecule has 1 aliphatic rings. The van der Waals surface area contributed by atoms with E-state index in [1.165, 1.54) is 16.7 Å². The Kier molecular flexibility index (Phi) is 7.43. The van der Waals surface area contributed by atoms with Gasteiger partial charge in [-0.15, -0.1) is 0 Å². The molecule has 0 radical (unpaired) electrons. The third-order valence-corrected chi connectivity index (χ3v) is 6.14. The third kappa shape index (κ3) is 5.54. The summed E-state index contributed by atoms with van der Waals surface area (Å²) in [5.74, 6) is 0.831. The highest BCUT2D eigenvalue weighted by molar-refractivity contribution is 6.04. The van der Waals surface area contributed by atoms with Gasteiger partial charge in [0.1, 0.15) is 5.75 Å². The Balaban J connectivity index is 1.58. The van der Waals surface area contributed by atoms with Crippen molar-refractivity contribution in [1.29, 1.82) is 0 Å². The lowest BCUT2D eigenvalue weighted by atomic mass is 9.95. The molecule has 3 aromatic rings. The topological polar surface area (TPSA) is 45.1 Å². The second kappa shape index (κ2) is 10.7. The van der Waals surface area contributed by atoms with Crippen LogP contribution in [0.4, 0.5) is 0 Å². The second-order valence-corrected chi connectivity index (χ2v) is 8.98. The van der Waals surface area contributed by atoms with Gasteiger partial charge in [0, 0.05) is 18.5 Å². The van der Waals surface area contributed by atoms with E-state index in [9.17, 15) is 4.79 Å². The van der Waals surface area contributed by atoms with Gasteiger partial charge in [0.25, 0.3) is 5.91 Å². The molecule has 5 heteroatoms. The molecule has 4 rings (SSSR count). The van der Waals surface area contributed by atoms with E-state index in [1.54, 1.807) is 5.01 Å². The highest BCUT2D eigenvalue weighted by atomic mass is 16.5. The molecule has 0 saturated carbocycles. The molecule has 1 amide bonds. The van der Waals surface area contributed by atoms with Crippen LogP contribution in [0.5, 0.6) is 5.75 Å². The van der Waals surface area contributed by atoms with E-state index >= 15 is 0 Å². The average molecular weight is 456 g/mol. The number of aryl methyl sites for hydroxylation is 2. The number of hydrogen-bond donors (Lipinski definition) is 0. The molecule has 0 unspecified atom stereocenters. The predicted molar refractivity (Wildman–Crippen MR) is 137 cm³/mol. The van der Waals surface area contributed by atoms with Gasteiger partial charge in [-0.05, 0) is 56.6 Å². The number of benzene rings is 3. The Morgan fingerprint density at radius 3 is 2.47 bits per heavy atom. The van der Waals surface area contributed by atoms with Crippen LogP contribution in [0, 0.1) is 13.8 Å². The molecule has 0 saturated heterocycles. The summed E-state index contributed by atoms with van der Waals surface area (Å²) >= 11 is 0. The number of carbonyl (C=O) groups excluding carboxylic acids is 1. The number of likely N-dealkylation sites (N-methyl/N-ethyl adjacent to an activating group) is 1. The Hall–Kier alpha value is -3.44. The van der Waals surface area contributed by atoms with Crippen LogP contribution in [0.25, 0.3) is 0 Å². The number of carbonyl (C=O) groups is 1. The molecule has 0 aromatic heterocycles. The quantitative estimate of drug-likeness (QED) is 0.450. The number of hydrogen-bond acceptors (Lipinski definition) is 4. The molecule has 5 nitrogen and oxygen atoms in total. The van der Waals surface area contributed by atoms with Crippen LogP contribution in [-0.4, -0.2) is 41.7 Å². The van der Waals surface area contributed by atoms with Gasteiger partial charge < -0.3 is 4.74 Å². The van der Waals surface area contributed by atoms with E-state index in [4.69, 9.17) is 9.84 Å². The molecular weight excluding hydrogens is 422 g/mol. The maximum absolute atomic E-state index is 13.5. The van der Waals surface area contributed by atoms with Crippen molar-refractivity contribution in [2.75, 3.05) is 20.2 Å². The first-order valence-electron chi connectivity index (χ1n) is 11.9. The summed E-state index contributed by atoms with van der Waals surface area (Å²) in [4.78, 5) is 15.5. The molecule has 1 heterocycles. The summed E-state index contributed by atoms with van der Waals surface area (Å²) in [7, 11) is 1.97. The first-order valence-corrected chi connectivity index (χ1v) is 11.9. The predicted octanol–water partition coefficient (Wildman–Crippen LogP) is 5.51. The minimum absolute atomic E-state index is 0.00270. The Labute approximate surface area is 202 Å². The van der Waals surface area contributed by atoms with Crippen LogP contribution in [0.3, 0.4) is 0 Å². The highest BCUT2D eigenvalue weighted by Crippen LogP contribution is 2.34. The first-order chi connectivity index (χ1) is 16.4. The molecule has 0 fully saturated rings. The van der Waals surface area contributed by atoms with E-state index < -0.39 is 0 Å². The van der Waals surface area contributed by atoms with Crippen LogP contribution < -0.4 is 4.74 Å². The Morgan fingerprint density at radius 2 is 1.79 bits per heavy atom. The van der Waals surface area contributed by atoms with E-state index in [-0.39, 0.29) is 11.9 Å². The van der Waals surface area contributed by atoms with Gasteiger partial charge in [-0.25, -0.2) is 5.01 Å². The smallest absolute Gasteiger partial charge is 0.257 e. The lowest BCUT2D eigenvalue weighted by molar-refractivity contribution is -0.134. The fraction of sp³-hybridized carbons (Fsp3) is 0.310. The zero-order chi connectivity index (χ0) is 24.1. The largest absolute Gasteiger partial charge is 0.494 e. The summed E-state index contributed by atoms with van der Waals surface area (Å²) in [5.41, 5.74) is 6.70. The summed E-state index contributed by atoms with van der Waals surface area (Å²) < 4.78 is 5.61. The van der Waals surface area contributed by atoms with Crippen molar-refractivity contribution in [3.63, 3.8) is 0 Å². The van der Waals surface area contributed by atoms with E-state index in [0.29, 0.717) is 26.1 Å². The van der Waals surface area contributed by atoms with Crippen LogP contribution in [0.15, 0.2) is 77.9 Å². The van der Waals surface area contributed by atoms with Crippen molar-refractivity contribution in [3.8, 4) is 5.75 Å². The van der Waals surface area contributed by atoms with Gasteiger partial charge in [-0.2, -0.15) is 5.10 Å². The molecule has 0 bridgehead atoms. The van der Waals surface area contributed by atoms with Crippen molar-refractivity contribution in [1.82, 2.24) is 9.91 Å². The molecule has 0 N–H and O–H groups in total. The molecule has 34 heavy (non-hydrogen) atoms. The van der Waals surface area contributed by atoms with E-state index in [1.807, 2.05) is 61.3 Å². The van der Waals surface area contributed by atoms with Crippen molar-refractivity contribution < 1.29 is 9.53 Å². The fourth-order valence-corrected chi connectivity index (χ4v) is 4.51. The second-order valence-electron chi connectivity index (χ2n) is 8.98. The lowest BCUT2D eigenvalue weighted by Gasteiger charge is -2.25. The SMILES string of the molecule is CCOc1ccc([C@@H]2CC(c3ccc(C)cc3C)=NN2C(=O)CN(C)Cc2ccccc2)cc1. The number of rotatable bonds is 8. The van der Waals surface area contributed by atoms with Gasteiger partial charge in [0.05, 0.1) is 24.9 Å². The number of ether oxygens (including phenoxy) is 1. The molecule has 0 aliphatic carbocycles. The van der Waals surface area contributed by atoms with Gasteiger partial charge in [-0.3, -0.25) is 9.69 Å². The van der Waals surface area contributed by atoms with Crippen molar-refractivity contribution in [3.05, 3.63) is 101 Å². The van der Waals surface area contributed by atoms with Gasteiger partial charge >= 0.3 is 0 Å². The fourth-order valence-electron chi connectivity index (χ4n) is 4.51. The first kappa shape index (κ1) is 23.7. The van der Waals surface area contributed by atoms with Gasteiger partial charge in [-0.1, -0.05) is 66.2 Å². The Bertz CT molecular complexity index is 1160. The summed E-state index contributed by atoms with van der Waals surface area (Å²) in [6.07, 6.45) is 0.687. The van der Waals surface area contributed by atoms with Crippen LogP contribution in [0.2, 0.25) is 0 Å². The number of nitrogens with zero attached hydrogens (tertiary/aromatic N) is 3. The molecular formula is C29H33N3O2. The Morgan fingerprint density at radius 1 is 1.06 bits per heavy atom. The van der Waals surface area contributed by atoms with Crippen molar-refractivity contribution in [2.24, 2.45) is 5.10 Å². The molecule has 1 aliphatic heterocycles. The average Bonchev–Trinajstić information content (AvgIpc) is 3.26. The van der Waals surface area contributed by atoms with Crippen LogP contribution in [0.1, 0.15) is 47.2 Å². The van der Waals surface area contributed by atoms with E-state index in [0.717, 1.165) is 22.6 Å². The van der Waals surface area contributed by atoms with Gasteiger partial charge in [0.2, 0.25) is 0 Å². The van der Waals surface area contributed by atoms with E-state index in [2.05, 4.69) is 44.2 Å². The summed E-state index contributed by atoms with van der Waals surface area (Å²) in [5, 5.41) is 6.55. The summed E-state index contributed by atoms with van der Waals surface area (Å²) in [6.45, 7) is 7.81. The maximum Gasteiger partial charge on any atom is 0.257 e. The normalized spacial score (nSPS) is 15.5. The lowest BCUT2D eigenvalue weighted by Crippen LogP contribution is -2.36. The zero-order valence-electron chi connectivity index (χ0n) is 20.5. The molecule has 0 spiro atoms. The molecule has 3 aromatic carbocycles. The number of hydrazone groups is 1. The number of amides is 1. The van der Waals surface area contributed by atoms with Gasteiger partial charge in [0.15, 0.2) is 0 Å². The molecule has 1 atom stereocenters.